The number of thiocarbonyl (C=S) groups is 1. The van der Waals surface area contributed by atoms with E-state index in [-0.39, 0.29) is 10.7 Å². The Morgan fingerprint density at radius 1 is 1.26 bits per heavy atom. The number of nitrogens with zero attached hydrogens (tertiary/aromatic N) is 3. The van der Waals surface area contributed by atoms with E-state index >= 15 is 0 Å². The zero-order valence-corrected chi connectivity index (χ0v) is 17.3. The molecule has 0 atom stereocenters. The van der Waals surface area contributed by atoms with Crippen LogP contribution in [0.4, 0.5) is 0 Å². The van der Waals surface area contributed by atoms with E-state index in [9.17, 15) is 14.9 Å². The highest BCUT2D eigenvalue weighted by molar-refractivity contribution is 7.80. The van der Waals surface area contributed by atoms with Gasteiger partial charge in [-0.05, 0) is 63.2 Å². The predicted octanol–water partition coefficient (Wildman–Crippen LogP) is 2.90. The fraction of sp³-hybridized carbons (Fsp3) is 0.263. The van der Waals surface area contributed by atoms with Crippen molar-refractivity contribution in [2.24, 2.45) is 0 Å². The number of carbonyl (C=O) groups is 2. The highest BCUT2D eigenvalue weighted by Gasteiger charge is 2.31. The lowest BCUT2D eigenvalue weighted by atomic mass is 10.1. The van der Waals surface area contributed by atoms with E-state index in [0.717, 1.165) is 32.4 Å². The van der Waals surface area contributed by atoms with Gasteiger partial charge in [0.15, 0.2) is 5.11 Å². The van der Waals surface area contributed by atoms with Crippen LogP contribution in [0.25, 0.3) is 11.1 Å². The molecule has 2 amide bonds. The number of hydrogen-bond donors (Lipinski definition) is 1. The Balaban J connectivity index is 2.14. The van der Waals surface area contributed by atoms with E-state index in [1.54, 1.807) is 17.4 Å². The number of rotatable bonds is 2. The zero-order valence-electron chi connectivity index (χ0n) is 15.6. The molecule has 1 aliphatic heterocycles. The van der Waals surface area contributed by atoms with Crippen molar-refractivity contribution >= 4 is 46.6 Å². The van der Waals surface area contributed by atoms with Crippen molar-refractivity contribution in [3.8, 4) is 11.1 Å². The number of thiophene rings is 1. The zero-order chi connectivity index (χ0) is 20.0. The Morgan fingerprint density at radius 3 is 2.56 bits per heavy atom. The van der Waals surface area contributed by atoms with E-state index in [2.05, 4.69) is 11.4 Å². The number of nitriles is 1. The van der Waals surface area contributed by atoms with Gasteiger partial charge in [0, 0.05) is 23.3 Å². The summed E-state index contributed by atoms with van der Waals surface area (Å²) in [4.78, 5) is 27.0. The van der Waals surface area contributed by atoms with Crippen molar-refractivity contribution < 1.29 is 9.59 Å². The highest BCUT2D eigenvalue weighted by atomic mass is 32.1. The molecule has 6 nitrogen and oxygen atoms in total. The maximum Gasteiger partial charge on any atom is 0.265 e. The smallest absolute Gasteiger partial charge is 0.265 e. The minimum Gasteiger partial charge on any atom is -0.308 e. The second-order valence-corrected chi connectivity index (χ2v) is 8.01. The maximum absolute atomic E-state index is 12.4. The topological polar surface area (TPSA) is 78.1 Å². The van der Waals surface area contributed by atoms with Gasteiger partial charge in [0.25, 0.3) is 11.8 Å². The first kappa shape index (κ1) is 19.0. The molecule has 1 aliphatic rings. The van der Waals surface area contributed by atoms with Gasteiger partial charge in [-0.15, -0.1) is 11.3 Å². The first-order valence-corrected chi connectivity index (χ1v) is 9.44. The number of likely N-dealkylation sites (N-methyl/N-ethyl adjacent to an activating group) is 1. The fourth-order valence-electron chi connectivity index (χ4n) is 3.05. The molecule has 0 aromatic carbocycles. The molecule has 27 heavy (non-hydrogen) atoms. The Hall–Kier alpha value is -2.76. The largest absolute Gasteiger partial charge is 0.308 e. The Kier molecular flexibility index (Phi) is 4.76. The number of amides is 2. The number of carbonyl (C=O) groups excluding carboxylic acids is 2. The Labute approximate surface area is 166 Å². The van der Waals surface area contributed by atoms with Crippen molar-refractivity contribution in [1.29, 1.82) is 5.26 Å². The number of aromatic nitrogens is 1. The van der Waals surface area contributed by atoms with Gasteiger partial charge in [-0.3, -0.25) is 19.8 Å². The monoisotopic (exact) mass is 398 g/mol. The van der Waals surface area contributed by atoms with Crippen LogP contribution in [0.3, 0.4) is 0 Å². The standard InChI is InChI=1S/C19H18N4O2S2/c1-9-6-13(7-14-16(24)21-19(26)22(5)17(14)25)11(3)23(9)18-15(8-20)10(2)12(4)27-18/h6-7H,1-5H3,(H,21,24,26)/b14-7+. The summed E-state index contributed by atoms with van der Waals surface area (Å²) in [6.45, 7) is 7.77. The summed E-state index contributed by atoms with van der Waals surface area (Å²) in [5, 5.41) is 13.0. The third-order valence-corrected chi connectivity index (χ3v) is 6.32. The summed E-state index contributed by atoms with van der Waals surface area (Å²) in [6.07, 6.45) is 1.58. The number of hydrogen-bond acceptors (Lipinski definition) is 5. The molecular formula is C19H18N4O2S2. The Bertz CT molecular complexity index is 1080. The molecule has 8 heteroatoms. The van der Waals surface area contributed by atoms with Gasteiger partial charge in [-0.25, -0.2) is 0 Å². The predicted molar refractivity (Wildman–Crippen MR) is 109 cm³/mol. The second kappa shape index (κ2) is 6.76. The molecule has 0 radical (unpaired) electrons. The molecule has 2 aromatic rings. The van der Waals surface area contributed by atoms with Gasteiger partial charge in [-0.1, -0.05) is 0 Å². The number of nitrogens with one attached hydrogen (secondary N) is 1. The summed E-state index contributed by atoms with van der Waals surface area (Å²) in [6, 6.07) is 4.19. The SMILES string of the molecule is Cc1sc(-n2c(C)cc(/C=C3\C(=O)NC(=S)N(C)C3=O)c2C)c(C#N)c1C. The van der Waals surface area contributed by atoms with Gasteiger partial charge >= 0.3 is 0 Å². The molecule has 3 rings (SSSR count). The molecule has 0 aliphatic carbocycles. The summed E-state index contributed by atoms with van der Waals surface area (Å²) in [5.74, 6) is -0.942. The first-order valence-electron chi connectivity index (χ1n) is 8.21. The molecule has 0 bridgehead atoms. The molecule has 138 valence electrons. The van der Waals surface area contributed by atoms with Crippen LogP contribution in [0.5, 0.6) is 0 Å². The molecule has 1 fully saturated rings. The van der Waals surface area contributed by atoms with Crippen LogP contribution in [-0.2, 0) is 9.59 Å². The van der Waals surface area contributed by atoms with Crippen molar-refractivity contribution in [2.45, 2.75) is 27.7 Å². The van der Waals surface area contributed by atoms with Crippen LogP contribution in [0, 0.1) is 39.0 Å². The van der Waals surface area contributed by atoms with Gasteiger partial charge < -0.3 is 4.57 Å². The van der Waals surface area contributed by atoms with E-state index < -0.39 is 11.8 Å². The Morgan fingerprint density at radius 2 is 1.93 bits per heavy atom. The van der Waals surface area contributed by atoms with Crippen LogP contribution in [0.2, 0.25) is 0 Å². The highest BCUT2D eigenvalue weighted by Crippen LogP contribution is 2.34. The average molecular weight is 399 g/mol. The van der Waals surface area contributed by atoms with Gasteiger partial charge in [0.1, 0.15) is 16.6 Å². The van der Waals surface area contributed by atoms with Crippen molar-refractivity contribution in [3.05, 3.63) is 44.6 Å². The molecular weight excluding hydrogens is 380 g/mol. The van der Waals surface area contributed by atoms with Crippen molar-refractivity contribution in [1.82, 2.24) is 14.8 Å². The molecule has 0 unspecified atom stereocenters. The van der Waals surface area contributed by atoms with E-state index in [1.807, 2.05) is 38.3 Å². The summed E-state index contributed by atoms with van der Waals surface area (Å²) >= 11 is 6.53. The normalized spacial score (nSPS) is 16.1. The summed E-state index contributed by atoms with van der Waals surface area (Å²) < 4.78 is 2.00. The lowest BCUT2D eigenvalue weighted by molar-refractivity contribution is -0.128. The van der Waals surface area contributed by atoms with Crippen molar-refractivity contribution in [3.63, 3.8) is 0 Å². The molecule has 3 heterocycles. The lowest BCUT2D eigenvalue weighted by Crippen LogP contribution is -2.52. The summed E-state index contributed by atoms with van der Waals surface area (Å²) in [5.41, 5.74) is 4.18. The van der Waals surface area contributed by atoms with Crippen LogP contribution < -0.4 is 5.32 Å². The van der Waals surface area contributed by atoms with Crippen LogP contribution in [0.1, 0.15) is 33.0 Å². The first-order chi connectivity index (χ1) is 12.7. The minimum atomic E-state index is -0.506. The second-order valence-electron chi connectivity index (χ2n) is 6.42. The minimum absolute atomic E-state index is 0.0328. The fourth-order valence-corrected chi connectivity index (χ4v) is 4.44. The van der Waals surface area contributed by atoms with E-state index in [0.29, 0.717) is 5.56 Å². The maximum atomic E-state index is 12.4. The summed E-state index contributed by atoms with van der Waals surface area (Å²) in [7, 11) is 1.53. The van der Waals surface area contributed by atoms with Crippen LogP contribution >= 0.6 is 23.6 Å². The molecule has 1 saturated heterocycles. The molecule has 0 saturated carbocycles. The average Bonchev–Trinajstić information content (AvgIpc) is 3.05. The molecule has 1 N–H and O–H groups in total. The van der Waals surface area contributed by atoms with Gasteiger partial charge in [0.2, 0.25) is 0 Å². The number of aryl methyl sites for hydroxylation is 2. The van der Waals surface area contributed by atoms with Gasteiger partial charge in [0.05, 0.1) is 5.56 Å². The van der Waals surface area contributed by atoms with E-state index in [1.165, 1.54) is 11.9 Å². The third-order valence-electron chi connectivity index (χ3n) is 4.76. The van der Waals surface area contributed by atoms with Crippen molar-refractivity contribution in [2.75, 3.05) is 7.05 Å². The molecule has 0 spiro atoms. The third kappa shape index (κ3) is 2.99. The van der Waals surface area contributed by atoms with Gasteiger partial charge in [-0.2, -0.15) is 5.26 Å². The van der Waals surface area contributed by atoms with Crippen LogP contribution in [-0.4, -0.2) is 33.4 Å². The van der Waals surface area contributed by atoms with E-state index in [4.69, 9.17) is 12.2 Å². The lowest BCUT2D eigenvalue weighted by Gasteiger charge is -2.25. The van der Waals surface area contributed by atoms with Crippen LogP contribution in [0.15, 0.2) is 11.6 Å². The quantitative estimate of drug-likeness (QED) is 0.479. The molecule has 2 aromatic heterocycles.